The number of hydrogen-bond acceptors (Lipinski definition) is 3. The number of hydrogen-bond donors (Lipinski definition) is 2. The van der Waals surface area contributed by atoms with Gasteiger partial charge >= 0.3 is 0 Å². The lowest BCUT2D eigenvalue weighted by Gasteiger charge is -2.39. The van der Waals surface area contributed by atoms with Gasteiger partial charge in [0, 0.05) is 38.3 Å². The summed E-state index contributed by atoms with van der Waals surface area (Å²) >= 11 is 0. The predicted molar refractivity (Wildman–Crippen MR) is 105 cm³/mol. The highest BCUT2D eigenvalue weighted by Crippen LogP contribution is 2.36. The van der Waals surface area contributed by atoms with Gasteiger partial charge in [0.25, 0.3) is 0 Å². The van der Waals surface area contributed by atoms with E-state index in [1.54, 1.807) is 0 Å². The second-order valence-electron chi connectivity index (χ2n) is 6.80. The van der Waals surface area contributed by atoms with Gasteiger partial charge in [-0.2, -0.15) is 0 Å². The third-order valence-electron chi connectivity index (χ3n) is 5.31. The van der Waals surface area contributed by atoms with Crippen molar-refractivity contribution in [3.63, 3.8) is 0 Å². The molecule has 136 valence electrons. The zero-order chi connectivity index (χ0) is 15.4. The molecule has 0 saturated carbocycles. The third-order valence-corrected chi connectivity index (χ3v) is 5.31. The van der Waals surface area contributed by atoms with Crippen LogP contribution in [0.2, 0.25) is 0 Å². The number of carbonyl (C=O) groups is 1. The first kappa shape index (κ1) is 21.1. The molecule has 2 fully saturated rings. The molecule has 24 heavy (non-hydrogen) atoms. The number of rotatable bonds is 4. The Morgan fingerprint density at radius 1 is 1.21 bits per heavy atom. The number of nitrogens with one attached hydrogen (secondary N) is 2. The zero-order valence-corrected chi connectivity index (χ0v) is 16.0. The van der Waals surface area contributed by atoms with Crippen LogP contribution in [0.25, 0.3) is 0 Å². The van der Waals surface area contributed by atoms with Crippen molar-refractivity contribution in [2.75, 3.05) is 38.0 Å². The second-order valence-corrected chi connectivity index (χ2v) is 6.80. The van der Waals surface area contributed by atoms with E-state index in [1.165, 1.54) is 12.0 Å². The number of aryl methyl sites for hydroxylation is 1. The number of nitrogens with zero attached hydrogens (tertiary/aromatic N) is 1. The molecular weight excluding hydrogens is 345 g/mol. The fraction of sp³-hybridized carbons (Fsp3) is 0.611. The summed E-state index contributed by atoms with van der Waals surface area (Å²) in [6, 6.07) is 8.21. The summed E-state index contributed by atoms with van der Waals surface area (Å²) in [7, 11) is 0. The Balaban J connectivity index is 0.00000144. The van der Waals surface area contributed by atoms with Crippen molar-refractivity contribution in [1.82, 2.24) is 10.2 Å². The maximum absolute atomic E-state index is 12.3. The molecule has 2 aliphatic heterocycles. The summed E-state index contributed by atoms with van der Waals surface area (Å²) < 4.78 is 0. The number of halogens is 2. The van der Waals surface area contributed by atoms with Gasteiger partial charge in [0.05, 0.1) is 0 Å². The van der Waals surface area contributed by atoms with Crippen LogP contribution in [0.15, 0.2) is 24.3 Å². The molecule has 3 rings (SSSR count). The van der Waals surface area contributed by atoms with Crippen molar-refractivity contribution in [2.24, 2.45) is 5.41 Å². The molecule has 0 aliphatic carbocycles. The van der Waals surface area contributed by atoms with E-state index >= 15 is 0 Å². The highest BCUT2D eigenvalue weighted by Gasteiger charge is 2.37. The highest BCUT2D eigenvalue weighted by molar-refractivity contribution is 5.85. The molecule has 4 nitrogen and oxygen atoms in total. The van der Waals surface area contributed by atoms with Gasteiger partial charge < -0.3 is 15.5 Å². The van der Waals surface area contributed by atoms with Crippen molar-refractivity contribution >= 4 is 36.4 Å². The Labute approximate surface area is 157 Å². The molecule has 0 unspecified atom stereocenters. The van der Waals surface area contributed by atoms with Crippen LogP contribution in [0, 0.1) is 12.3 Å². The Hall–Kier alpha value is -0.970. The molecule has 0 atom stereocenters. The Morgan fingerprint density at radius 2 is 1.92 bits per heavy atom. The number of amides is 1. The lowest BCUT2D eigenvalue weighted by atomic mass is 9.78. The molecule has 1 amide bonds. The molecule has 1 aromatic rings. The molecule has 1 aromatic carbocycles. The molecule has 2 aliphatic rings. The monoisotopic (exact) mass is 373 g/mol. The average Bonchev–Trinajstić information content (AvgIpc) is 2.98. The van der Waals surface area contributed by atoms with E-state index in [1.807, 2.05) is 12.1 Å². The van der Waals surface area contributed by atoms with Crippen molar-refractivity contribution < 1.29 is 4.79 Å². The Kier molecular flexibility index (Phi) is 8.34. The maximum Gasteiger partial charge on any atom is 0.224 e. The van der Waals surface area contributed by atoms with Gasteiger partial charge in [-0.25, -0.2) is 0 Å². The first-order valence-electron chi connectivity index (χ1n) is 8.47. The standard InChI is InChI=1S/C18H27N3O.2ClH/c1-15-4-2-3-5-16(15)20-10-6-17(22)21-12-8-18(9-13-21)7-11-19-14-18;;/h2-5,19-20H,6-14H2,1H3;2*1H. The lowest BCUT2D eigenvalue weighted by molar-refractivity contribution is -0.133. The van der Waals surface area contributed by atoms with Gasteiger partial charge in [0.15, 0.2) is 0 Å². The molecule has 0 bridgehead atoms. The summed E-state index contributed by atoms with van der Waals surface area (Å²) in [5.41, 5.74) is 2.84. The molecular formula is C18H29Cl2N3O. The van der Waals surface area contributed by atoms with Crippen molar-refractivity contribution in [3.05, 3.63) is 29.8 Å². The third kappa shape index (κ3) is 5.01. The topological polar surface area (TPSA) is 44.4 Å². The summed E-state index contributed by atoms with van der Waals surface area (Å²) in [6.07, 6.45) is 4.19. The van der Waals surface area contributed by atoms with E-state index in [0.717, 1.165) is 44.7 Å². The number of carbonyl (C=O) groups excluding carboxylic acids is 1. The van der Waals surface area contributed by atoms with E-state index in [2.05, 4.69) is 34.6 Å². The number of likely N-dealkylation sites (tertiary alicyclic amines) is 1. The van der Waals surface area contributed by atoms with Crippen LogP contribution in [-0.2, 0) is 4.79 Å². The SMILES string of the molecule is Cc1ccccc1NCCC(=O)N1CCC2(CCNC2)CC1.Cl.Cl. The van der Waals surface area contributed by atoms with Crippen LogP contribution >= 0.6 is 24.8 Å². The fourth-order valence-electron chi connectivity index (χ4n) is 3.69. The minimum atomic E-state index is 0. The maximum atomic E-state index is 12.3. The van der Waals surface area contributed by atoms with Gasteiger partial charge in [-0.3, -0.25) is 4.79 Å². The Bertz CT molecular complexity index is 523. The highest BCUT2D eigenvalue weighted by atomic mass is 35.5. The average molecular weight is 374 g/mol. The number of benzene rings is 1. The molecule has 2 N–H and O–H groups in total. The van der Waals surface area contributed by atoms with Gasteiger partial charge in [0.2, 0.25) is 5.91 Å². The summed E-state index contributed by atoms with van der Waals surface area (Å²) in [6.45, 7) is 6.96. The first-order valence-corrected chi connectivity index (χ1v) is 8.47. The van der Waals surface area contributed by atoms with E-state index in [-0.39, 0.29) is 24.8 Å². The second kappa shape index (κ2) is 9.50. The van der Waals surface area contributed by atoms with Crippen LogP contribution in [0.1, 0.15) is 31.2 Å². The normalized spacial score (nSPS) is 18.6. The van der Waals surface area contributed by atoms with E-state index in [4.69, 9.17) is 0 Å². The van der Waals surface area contributed by atoms with Crippen molar-refractivity contribution in [3.8, 4) is 0 Å². The molecule has 2 saturated heterocycles. The van der Waals surface area contributed by atoms with Gasteiger partial charge in [0.1, 0.15) is 0 Å². The van der Waals surface area contributed by atoms with Gasteiger partial charge in [-0.1, -0.05) is 18.2 Å². The van der Waals surface area contributed by atoms with E-state index in [0.29, 0.717) is 24.3 Å². The summed E-state index contributed by atoms with van der Waals surface area (Å²) in [5, 5.41) is 6.85. The molecule has 0 radical (unpaired) electrons. The van der Waals surface area contributed by atoms with Crippen LogP contribution in [0.3, 0.4) is 0 Å². The van der Waals surface area contributed by atoms with Crippen LogP contribution in [-0.4, -0.2) is 43.5 Å². The van der Waals surface area contributed by atoms with E-state index in [9.17, 15) is 4.79 Å². The Morgan fingerprint density at radius 3 is 2.54 bits per heavy atom. The molecule has 1 spiro atoms. The quantitative estimate of drug-likeness (QED) is 0.851. The van der Waals surface area contributed by atoms with Gasteiger partial charge in [-0.05, 0) is 49.8 Å². The van der Waals surface area contributed by atoms with Crippen LogP contribution < -0.4 is 10.6 Å². The van der Waals surface area contributed by atoms with Crippen LogP contribution in [0.5, 0.6) is 0 Å². The number of piperidine rings is 1. The fourth-order valence-corrected chi connectivity index (χ4v) is 3.69. The van der Waals surface area contributed by atoms with Gasteiger partial charge in [-0.15, -0.1) is 24.8 Å². The van der Waals surface area contributed by atoms with E-state index < -0.39 is 0 Å². The lowest BCUT2D eigenvalue weighted by Crippen LogP contribution is -2.44. The largest absolute Gasteiger partial charge is 0.384 e. The molecule has 0 aromatic heterocycles. The smallest absolute Gasteiger partial charge is 0.224 e. The number of anilines is 1. The zero-order valence-electron chi connectivity index (χ0n) is 14.3. The van der Waals surface area contributed by atoms with Crippen LogP contribution in [0.4, 0.5) is 5.69 Å². The summed E-state index contributed by atoms with van der Waals surface area (Å²) in [4.78, 5) is 14.4. The van der Waals surface area contributed by atoms with Crippen molar-refractivity contribution in [2.45, 2.75) is 32.6 Å². The minimum Gasteiger partial charge on any atom is -0.384 e. The molecule has 2 heterocycles. The van der Waals surface area contributed by atoms with Crippen molar-refractivity contribution in [1.29, 1.82) is 0 Å². The predicted octanol–water partition coefficient (Wildman–Crippen LogP) is 3.24. The minimum absolute atomic E-state index is 0. The summed E-state index contributed by atoms with van der Waals surface area (Å²) in [5.74, 6) is 0.293. The first-order chi connectivity index (χ1) is 10.7. The molecule has 6 heteroatoms. The number of para-hydroxylation sites is 1.